The van der Waals surface area contributed by atoms with Crippen LogP contribution in [0.3, 0.4) is 0 Å². The summed E-state index contributed by atoms with van der Waals surface area (Å²) in [5.74, 6) is 0. The molecule has 0 bridgehead atoms. The molecule has 0 aromatic carbocycles. The number of alkyl halides is 3. The molecule has 0 aliphatic heterocycles. The Morgan fingerprint density at radius 1 is 1.47 bits per heavy atom. The second-order valence-corrected chi connectivity index (χ2v) is 4.52. The van der Waals surface area contributed by atoms with Gasteiger partial charge in [-0.05, 0) is 19.9 Å². The minimum atomic E-state index is -4.23. The van der Waals surface area contributed by atoms with Crippen molar-refractivity contribution in [1.82, 2.24) is 10.3 Å². The fourth-order valence-electron chi connectivity index (χ4n) is 1.17. The molecule has 0 saturated carbocycles. The monoisotopic (exact) mass is 268 g/mol. The number of thiazole rings is 1. The number of aromatic nitrogens is 1. The van der Waals surface area contributed by atoms with Gasteiger partial charge in [-0.3, -0.25) is 0 Å². The molecule has 98 valence electrons. The lowest BCUT2D eigenvalue weighted by molar-refractivity contribution is -0.173. The van der Waals surface area contributed by atoms with Gasteiger partial charge < -0.3 is 10.1 Å². The van der Waals surface area contributed by atoms with Crippen molar-refractivity contribution in [3.8, 4) is 0 Å². The fraction of sp³-hybridized carbons (Fsp3) is 0.700. The lowest BCUT2D eigenvalue weighted by Gasteiger charge is -2.07. The van der Waals surface area contributed by atoms with E-state index in [9.17, 15) is 13.2 Å². The van der Waals surface area contributed by atoms with E-state index in [1.54, 1.807) is 11.3 Å². The molecule has 0 spiro atoms. The van der Waals surface area contributed by atoms with E-state index >= 15 is 0 Å². The van der Waals surface area contributed by atoms with E-state index in [-0.39, 0.29) is 6.61 Å². The van der Waals surface area contributed by atoms with Crippen LogP contribution < -0.4 is 5.32 Å². The highest BCUT2D eigenvalue weighted by Gasteiger charge is 2.27. The first-order chi connectivity index (χ1) is 7.97. The van der Waals surface area contributed by atoms with Crippen LogP contribution in [0.5, 0.6) is 0 Å². The lowest BCUT2D eigenvalue weighted by Crippen LogP contribution is -2.20. The third-order valence-electron chi connectivity index (χ3n) is 1.85. The van der Waals surface area contributed by atoms with Crippen molar-refractivity contribution < 1.29 is 17.9 Å². The molecule has 0 atom stereocenters. The van der Waals surface area contributed by atoms with Gasteiger partial charge in [0.25, 0.3) is 0 Å². The van der Waals surface area contributed by atoms with Crippen molar-refractivity contribution in [2.45, 2.75) is 26.1 Å². The van der Waals surface area contributed by atoms with E-state index in [1.807, 2.05) is 12.3 Å². The molecule has 1 rings (SSSR count). The molecule has 0 saturated heterocycles. The first-order valence-electron chi connectivity index (χ1n) is 5.23. The first kappa shape index (κ1) is 14.4. The molecular weight excluding hydrogens is 253 g/mol. The van der Waals surface area contributed by atoms with Crippen LogP contribution in [0.2, 0.25) is 0 Å². The Morgan fingerprint density at radius 2 is 2.24 bits per heavy atom. The summed E-state index contributed by atoms with van der Waals surface area (Å²) < 4.78 is 39.6. The molecule has 7 heteroatoms. The van der Waals surface area contributed by atoms with Gasteiger partial charge in [0.15, 0.2) is 0 Å². The summed E-state index contributed by atoms with van der Waals surface area (Å²) in [5.41, 5.74) is 0.986. The Hall–Kier alpha value is -0.660. The molecule has 1 aromatic rings. The van der Waals surface area contributed by atoms with Crippen molar-refractivity contribution in [1.29, 1.82) is 0 Å². The molecule has 0 aliphatic rings. The summed E-state index contributed by atoms with van der Waals surface area (Å²) in [7, 11) is 0. The van der Waals surface area contributed by atoms with Gasteiger partial charge >= 0.3 is 6.18 Å². The smallest absolute Gasteiger partial charge is 0.372 e. The second-order valence-electron chi connectivity index (χ2n) is 3.58. The van der Waals surface area contributed by atoms with Crippen molar-refractivity contribution in [2.75, 3.05) is 19.8 Å². The Morgan fingerprint density at radius 3 is 2.82 bits per heavy atom. The average Bonchev–Trinajstić information content (AvgIpc) is 2.61. The van der Waals surface area contributed by atoms with E-state index in [0.717, 1.165) is 10.7 Å². The topological polar surface area (TPSA) is 34.1 Å². The van der Waals surface area contributed by atoms with Crippen LogP contribution in [0.4, 0.5) is 13.2 Å². The number of hydrogen-bond donors (Lipinski definition) is 1. The predicted molar refractivity (Wildman–Crippen MR) is 60.0 cm³/mol. The molecule has 1 N–H and O–H groups in total. The third-order valence-corrected chi connectivity index (χ3v) is 2.82. The predicted octanol–water partition coefficient (Wildman–Crippen LogP) is 2.51. The first-order valence-corrected chi connectivity index (χ1v) is 6.11. The summed E-state index contributed by atoms with van der Waals surface area (Å²) in [6.07, 6.45) is -3.67. The molecule has 1 heterocycles. The average molecular weight is 268 g/mol. The zero-order chi connectivity index (χ0) is 12.7. The number of rotatable bonds is 7. The highest BCUT2D eigenvalue weighted by Crippen LogP contribution is 2.14. The van der Waals surface area contributed by atoms with Crippen LogP contribution in [0, 0.1) is 6.92 Å². The third kappa shape index (κ3) is 7.30. The summed E-state index contributed by atoms with van der Waals surface area (Å²) in [5, 5.41) is 6.05. The molecule has 0 aliphatic carbocycles. The Bertz CT molecular complexity index is 328. The summed E-state index contributed by atoms with van der Waals surface area (Å²) in [6, 6.07) is 0. The summed E-state index contributed by atoms with van der Waals surface area (Å²) in [6.45, 7) is 2.14. The molecule has 0 unspecified atom stereocenters. The van der Waals surface area contributed by atoms with Crippen molar-refractivity contribution >= 4 is 11.3 Å². The maximum Gasteiger partial charge on any atom is 0.411 e. The van der Waals surface area contributed by atoms with Gasteiger partial charge in [-0.25, -0.2) is 4.98 Å². The van der Waals surface area contributed by atoms with Gasteiger partial charge in [-0.2, -0.15) is 13.2 Å². The van der Waals surface area contributed by atoms with Gasteiger partial charge in [0.1, 0.15) is 11.6 Å². The summed E-state index contributed by atoms with van der Waals surface area (Å²) in [4.78, 5) is 4.25. The molecule has 17 heavy (non-hydrogen) atoms. The molecule has 3 nitrogen and oxygen atoms in total. The quantitative estimate of drug-likeness (QED) is 0.772. The number of hydrogen-bond acceptors (Lipinski definition) is 4. The van der Waals surface area contributed by atoms with Gasteiger partial charge in [0, 0.05) is 24.2 Å². The van der Waals surface area contributed by atoms with Crippen molar-refractivity contribution in [3.05, 3.63) is 16.1 Å². The largest absolute Gasteiger partial charge is 0.411 e. The molecular formula is C10H15F3N2OS. The number of aryl methyl sites for hydroxylation is 1. The minimum Gasteiger partial charge on any atom is -0.372 e. The maximum atomic E-state index is 11.7. The summed E-state index contributed by atoms with van der Waals surface area (Å²) >= 11 is 1.57. The van der Waals surface area contributed by atoms with E-state index in [4.69, 9.17) is 0 Å². The van der Waals surface area contributed by atoms with E-state index < -0.39 is 12.8 Å². The Balaban J connectivity index is 1.95. The number of ether oxygens (including phenoxy) is 1. The van der Waals surface area contributed by atoms with E-state index in [2.05, 4.69) is 15.0 Å². The molecule has 0 fully saturated rings. The van der Waals surface area contributed by atoms with Crippen LogP contribution in [0.15, 0.2) is 5.38 Å². The number of nitrogens with one attached hydrogen (secondary N) is 1. The molecule has 0 radical (unpaired) electrons. The van der Waals surface area contributed by atoms with E-state index in [1.165, 1.54) is 0 Å². The highest BCUT2D eigenvalue weighted by atomic mass is 32.1. The zero-order valence-electron chi connectivity index (χ0n) is 9.51. The van der Waals surface area contributed by atoms with Gasteiger partial charge in [-0.15, -0.1) is 11.3 Å². The standard InChI is InChI=1S/C10H15F3N2OS/c1-8-6-17-9(15-8)5-14-3-2-4-16-7-10(11,12)13/h6,14H,2-5,7H2,1H3. The van der Waals surface area contributed by atoms with Crippen LogP contribution in [-0.4, -0.2) is 30.9 Å². The number of halogens is 3. The minimum absolute atomic E-state index is 0.114. The van der Waals surface area contributed by atoms with E-state index in [0.29, 0.717) is 19.5 Å². The highest BCUT2D eigenvalue weighted by molar-refractivity contribution is 7.09. The van der Waals surface area contributed by atoms with Gasteiger partial charge in [0.2, 0.25) is 0 Å². The second kappa shape index (κ2) is 6.93. The zero-order valence-corrected chi connectivity index (χ0v) is 10.3. The van der Waals surface area contributed by atoms with Crippen LogP contribution in [0.1, 0.15) is 17.1 Å². The Labute approximate surface area is 102 Å². The Kier molecular flexibility index (Phi) is 5.87. The lowest BCUT2D eigenvalue weighted by atomic mass is 10.4. The fourth-order valence-corrected chi connectivity index (χ4v) is 1.91. The van der Waals surface area contributed by atoms with Crippen molar-refractivity contribution in [2.24, 2.45) is 0 Å². The number of nitrogens with zero attached hydrogens (tertiary/aromatic N) is 1. The van der Waals surface area contributed by atoms with Crippen LogP contribution in [0.25, 0.3) is 0 Å². The van der Waals surface area contributed by atoms with Crippen molar-refractivity contribution in [3.63, 3.8) is 0 Å². The van der Waals surface area contributed by atoms with Crippen LogP contribution in [-0.2, 0) is 11.3 Å². The molecule has 1 aromatic heterocycles. The van der Waals surface area contributed by atoms with Gasteiger partial charge in [0.05, 0.1) is 0 Å². The normalized spacial score (nSPS) is 12.0. The van der Waals surface area contributed by atoms with Gasteiger partial charge in [-0.1, -0.05) is 0 Å². The molecule has 0 amide bonds. The SMILES string of the molecule is Cc1csc(CNCCCOCC(F)(F)F)n1. The maximum absolute atomic E-state index is 11.7. The van der Waals surface area contributed by atoms with Crippen LogP contribution >= 0.6 is 11.3 Å².